The number of hydrogen-bond acceptors (Lipinski definition) is 10. The molecule has 0 bridgehead atoms. The van der Waals surface area contributed by atoms with Gasteiger partial charge in [-0.1, -0.05) is 53.7 Å². The zero-order valence-corrected chi connectivity index (χ0v) is 24.2. The number of halogens is 2. The van der Waals surface area contributed by atoms with Crippen molar-refractivity contribution in [2.24, 2.45) is 0 Å². The summed E-state index contributed by atoms with van der Waals surface area (Å²) < 4.78 is 52.5. The summed E-state index contributed by atoms with van der Waals surface area (Å²) in [4.78, 5) is 25.3. The van der Waals surface area contributed by atoms with Crippen LogP contribution in [-0.4, -0.2) is 58.9 Å². The van der Waals surface area contributed by atoms with E-state index in [2.05, 4.69) is 36.7 Å². The monoisotopic (exact) mass is 670 g/mol. The molecular formula is C27H20BrFN6O7S. The zero-order chi connectivity index (χ0) is 30.1. The normalized spacial score (nSPS) is 12.9. The summed E-state index contributed by atoms with van der Waals surface area (Å²) in [6.45, 7) is -0.404. The van der Waals surface area contributed by atoms with E-state index in [-0.39, 0.29) is 53.1 Å². The van der Waals surface area contributed by atoms with Crippen molar-refractivity contribution in [2.75, 3.05) is 25.0 Å². The van der Waals surface area contributed by atoms with Crippen LogP contribution in [0.1, 0.15) is 17.0 Å². The van der Waals surface area contributed by atoms with Gasteiger partial charge in [0.1, 0.15) is 12.4 Å². The van der Waals surface area contributed by atoms with Crippen LogP contribution in [0.25, 0.3) is 28.3 Å². The van der Waals surface area contributed by atoms with Gasteiger partial charge in [0.15, 0.2) is 5.69 Å². The smallest absolute Gasteiger partial charge is 0.446 e. The van der Waals surface area contributed by atoms with Gasteiger partial charge in [0.25, 0.3) is 11.3 Å². The van der Waals surface area contributed by atoms with Crippen LogP contribution in [0.3, 0.4) is 0 Å². The van der Waals surface area contributed by atoms with Crippen molar-refractivity contribution in [1.29, 1.82) is 0 Å². The van der Waals surface area contributed by atoms with E-state index in [4.69, 9.17) is 13.9 Å². The molecule has 0 aliphatic heterocycles. The lowest BCUT2D eigenvalue weighted by atomic mass is 9.98. The van der Waals surface area contributed by atoms with Crippen LogP contribution in [0.4, 0.5) is 15.0 Å². The Labute approximate surface area is 252 Å². The minimum Gasteiger partial charge on any atom is -0.448 e. The standard InChI is InChI=1S/C27H20BrFN6O7S/c28-21-13-15(9-10-22(21)29)35-25(33-41-27(35)37)23-24(32-42-31-23)30-11-12-34(43(38)39)26(36)40-14-20-18-7-3-1-5-16(18)17-6-2-4-8-19(17)20/h1-10,13,20H,11-12,14H2,(H,30,32)(H,38,39). The van der Waals surface area contributed by atoms with Crippen LogP contribution in [0, 0.1) is 5.82 Å². The van der Waals surface area contributed by atoms with Crippen LogP contribution in [0.15, 0.2) is 85.1 Å². The summed E-state index contributed by atoms with van der Waals surface area (Å²) >= 11 is 0.377. The minimum atomic E-state index is -2.69. The number of ether oxygens (including phenoxy) is 1. The van der Waals surface area contributed by atoms with E-state index in [1.165, 1.54) is 12.1 Å². The molecule has 3 aromatic carbocycles. The molecular weight excluding hydrogens is 651 g/mol. The Morgan fingerprint density at radius 2 is 1.79 bits per heavy atom. The molecule has 2 aromatic heterocycles. The first-order chi connectivity index (χ1) is 20.8. The second-order valence-corrected chi connectivity index (χ2v) is 11.0. The number of aromatic nitrogens is 4. The van der Waals surface area contributed by atoms with Crippen LogP contribution < -0.4 is 11.1 Å². The van der Waals surface area contributed by atoms with Crippen molar-refractivity contribution in [2.45, 2.75) is 5.92 Å². The fourth-order valence-electron chi connectivity index (χ4n) is 4.88. The summed E-state index contributed by atoms with van der Waals surface area (Å²) in [6, 6.07) is 19.5. The van der Waals surface area contributed by atoms with Crippen molar-refractivity contribution in [1.82, 2.24) is 24.3 Å². The maximum absolute atomic E-state index is 13.7. The average Bonchev–Trinajstić information content (AvgIpc) is 3.71. The van der Waals surface area contributed by atoms with Gasteiger partial charge in [-0.15, -0.1) is 0 Å². The predicted octanol–water partition coefficient (Wildman–Crippen LogP) is 4.58. The first kappa shape index (κ1) is 28.4. The number of anilines is 1. The van der Waals surface area contributed by atoms with E-state index in [1.54, 1.807) is 0 Å². The number of nitrogens with zero attached hydrogens (tertiary/aromatic N) is 5. The molecule has 43 heavy (non-hydrogen) atoms. The third-order valence-electron chi connectivity index (χ3n) is 6.80. The van der Waals surface area contributed by atoms with E-state index in [0.29, 0.717) is 4.31 Å². The molecule has 0 fully saturated rings. The molecule has 0 saturated heterocycles. The summed E-state index contributed by atoms with van der Waals surface area (Å²) in [5.41, 5.74) is 4.28. The molecule has 13 nitrogen and oxygen atoms in total. The summed E-state index contributed by atoms with van der Waals surface area (Å²) in [5, 5.41) is 14.1. The van der Waals surface area contributed by atoms with Gasteiger partial charge >= 0.3 is 11.8 Å². The molecule has 5 aromatic rings. The fourth-order valence-corrected chi connectivity index (χ4v) is 5.67. The predicted molar refractivity (Wildman–Crippen MR) is 154 cm³/mol. The number of carbonyl (C=O) groups excluding carboxylic acids is 1. The van der Waals surface area contributed by atoms with Gasteiger partial charge in [0.05, 0.1) is 16.7 Å². The Morgan fingerprint density at radius 3 is 2.47 bits per heavy atom. The molecule has 1 aliphatic carbocycles. The van der Waals surface area contributed by atoms with Crippen molar-refractivity contribution < 1.29 is 31.8 Å². The largest absolute Gasteiger partial charge is 0.448 e. The van der Waals surface area contributed by atoms with Crippen molar-refractivity contribution in [3.63, 3.8) is 0 Å². The highest BCUT2D eigenvalue weighted by molar-refractivity contribution is 9.10. The Balaban J connectivity index is 1.13. The van der Waals surface area contributed by atoms with Crippen molar-refractivity contribution in [3.05, 3.63) is 98.7 Å². The van der Waals surface area contributed by atoms with E-state index < -0.39 is 28.9 Å². The fraction of sp³-hybridized carbons (Fsp3) is 0.148. The molecule has 1 aliphatic rings. The first-order valence-corrected chi connectivity index (χ1v) is 14.5. The van der Waals surface area contributed by atoms with Crippen LogP contribution in [-0.2, 0) is 16.0 Å². The van der Waals surface area contributed by atoms with E-state index in [1.807, 2.05) is 48.5 Å². The number of rotatable bonds is 9. The molecule has 2 N–H and O–H groups in total. The molecule has 2 heterocycles. The Bertz CT molecular complexity index is 1860. The molecule has 0 saturated carbocycles. The average molecular weight is 671 g/mol. The number of benzene rings is 3. The van der Waals surface area contributed by atoms with Crippen LogP contribution in [0.2, 0.25) is 0 Å². The Kier molecular flexibility index (Phi) is 7.88. The van der Waals surface area contributed by atoms with Gasteiger partial charge in [-0.2, -0.15) is 0 Å². The third-order valence-corrected chi connectivity index (χ3v) is 8.12. The second-order valence-electron chi connectivity index (χ2n) is 9.23. The molecule has 0 spiro atoms. The second kappa shape index (κ2) is 11.9. The first-order valence-electron chi connectivity index (χ1n) is 12.7. The summed E-state index contributed by atoms with van der Waals surface area (Å²) in [5.74, 6) is -1.75. The lowest BCUT2D eigenvalue weighted by Gasteiger charge is -2.20. The highest BCUT2D eigenvalue weighted by Crippen LogP contribution is 2.44. The molecule has 1 amide bonds. The lowest BCUT2D eigenvalue weighted by molar-refractivity contribution is 0.123. The number of carbonyl (C=O) groups is 1. The molecule has 1 atom stereocenters. The highest BCUT2D eigenvalue weighted by Gasteiger charge is 2.31. The van der Waals surface area contributed by atoms with Crippen LogP contribution in [0.5, 0.6) is 0 Å². The van der Waals surface area contributed by atoms with Crippen molar-refractivity contribution in [3.8, 4) is 28.3 Å². The zero-order valence-electron chi connectivity index (χ0n) is 21.8. The number of hydrogen-bond donors (Lipinski definition) is 2. The summed E-state index contributed by atoms with van der Waals surface area (Å²) in [7, 11) is 0. The lowest BCUT2D eigenvalue weighted by Crippen LogP contribution is -2.37. The highest BCUT2D eigenvalue weighted by atomic mass is 79.9. The molecule has 16 heteroatoms. The quantitative estimate of drug-likeness (QED) is 0.211. The number of amides is 1. The Morgan fingerprint density at radius 1 is 1.09 bits per heavy atom. The molecule has 0 radical (unpaired) electrons. The number of nitrogens with one attached hydrogen (secondary N) is 1. The Hall–Kier alpha value is -4.67. The topological polar surface area (TPSA) is 166 Å². The van der Waals surface area contributed by atoms with E-state index in [0.717, 1.165) is 32.9 Å². The SMILES string of the molecule is O=C(OCC1c2ccccc2-c2ccccc21)N(CCNc1nonc1-c1noc(=O)n1-c1ccc(F)c(Br)c1)S(=O)O. The van der Waals surface area contributed by atoms with E-state index >= 15 is 0 Å². The third kappa shape index (κ3) is 5.47. The maximum Gasteiger partial charge on any atom is 0.446 e. The van der Waals surface area contributed by atoms with Gasteiger partial charge < -0.3 is 10.1 Å². The molecule has 220 valence electrons. The molecule has 6 rings (SSSR count). The summed E-state index contributed by atoms with van der Waals surface area (Å²) in [6.07, 6.45) is -0.991. The van der Waals surface area contributed by atoms with Gasteiger partial charge in [-0.05, 0) is 66.7 Å². The van der Waals surface area contributed by atoms with Gasteiger partial charge in [-0.25, -0.2) is 31.7 Å². The van der Waals surface area contributed by atoms with E-state index in [9.17, 15) is 22.7 Å². The minimum absolute atomic E-state index is 0.000522. The van der Waals surface area contributed by atoms with Gasteiger partial charge in [0, 0.05) is 12.5 Å². The molecule has 1 unspecified atom stereocenters. The van der Waals surface area contributed by atoms with Gasteiger partial charge in [-0.3, -0.25) is 9.08 Å². The van der Waals surface area contributed by atoms with Crippen molar-refractivity contribution >= 4 is 39.1 Å². The number of fused-ring (bicyclic) bond motifs is 3. The van der Waals surface area contributed by atoms with Gasteiger partial charge in [0.2, 0.25) is 11.6 Å². The van der Waals surface area contributed by atoms with Crippen LogP contribution >= 0.6 is 15.9 Å². The maximum atomic E-state index is 13.7.